The minimum Gasteiger partial charge on any atom is -0.342 e. The molecule has 1 aliphatic carbocycles. The van der Waals surface area contributed by atoms with Crippen molar-refractivity contribution in [1.82, 2.24) is 9.88 Å². The van der Waals surface area contributed by atoms with Gasteiger partial charge in [0.15, 0.2) is 0 Å². The van der Waals surface area contributed by atoms with Crippen LogP contribution in [0.1, 0.15) is 62.9 Å². The molecule has 2 heterocycles. The van der Waals surface area contributed by atoms with Gasteiger partial charge in [0.2, 0.25) is 5.91 Å². The highest BCUT2D eigenvalue weighted by Gasteiger charge is 2.44. The van der Waals surface area contributed by atoms with Crippen molar-refractivity contribution in [2.75, 3.05) is 13.1 Å². The third-order valence-corrected chi connectivity index (χ3v) is 6.86. The molecule has 0 radical (unpaired) electrons. The number of carbonyl (C=O) groups is 1. The van der Waals surface area contributed by atoms with Crippen LogP contribution in [0.4, 0.5) is 0 Å². The van der Waals surface area contributed by atoms with Crippen LogP contribution in [-0.4, -0.2) is 28.9 Å². The van der Waals surface area contributed by atoms with E-state index >= 15 is 0 Å². The number of aryl methyl sites for hydroxylation is 2. The normalized spacial score (nSPS) is 22.9. The number of piperidine rings is 1. The zero-order valence-corrected chi connectivity index (χ0v) is 17.7. The van der Waals surface area contributed by atoms with E-state index in [9.17, 15) is 4.79 Å². The Hall–Kier alpha value is -2.16. The lowest BCUT2D eigenvalue weighted by molar-refractivity contribution is -0.141. The molecular weight excluding hydrogens is 344 g/mol. The quantitative estimate of drug-likeness (QED) is 0.718. The van der Waals surface area contributed by atoms with Gasteiger partial charge < -0.3 is 4.90 Å². The first-order valence-corrected chi connectivity index (χ1v) is 10.6. The average molecular weight is 377 g/mol. The molecule has 1 atom stereocenters. The molecule has 0 N–H and O–H groups in total. The molecule has 1 fully saturated rings. The van der Waals surface area contributed by atoms with Crippen LogP contribution in [0, 0.1) is 11.3 Å². The molecule has 0 bridgehead atoms. The standard InChI is InChI=1S/C25H32N2O/c1-24(2,3)23(28)27-16-13-20(14-17-27)25(4)21-10-6-5-8-18(21)11-12-19-9-7-15-26-22(19)25/h5-10,15,20H,11-14,16-17H2,1-4H3. The summed E-state index contributed by atoms with van der Waals surface area (Å²) in [6, 6.07) is 13.3. The Morgan fingerprint density at radius 1 is 1.04 bits per heavy atom. The maximum absolute atomic E-state index is 12.7. The summed E-state index contributed by atoms with van der Waals surface area (Å²) in [5.74, 6) is 0.764. The van der Waals surface area contributed by atoms with Gasteiger partial charge in [0.1, 0.15) is 0 Å². The molecule has 1 amide bonds. The van der Waals surface area contributed by atoms with Crippen LogP contribution in [-0.2, 0) is 23.1 Å². The van der Waals surface area contributed by atoms with Gasteiger partial charge in [-0.1, -0.05) is 51.1 Å². The number of pyridine rings is 1. The molecule has 28 heavy (non-hydrogen) atoms. The van der Waals surface area contributed by atoms with Gasteiger partial charge in [-0.2, -0.15) is 0 Å². The first-order chi connectivity index (χ1) is 13.3. The minimum atomic E-state index is -0.306. The summed E-state index contributed by atoms with van der Waals surface area (Å²) in [5, 5.41) is 0. The highest BCUT2D eigenvalue weighted by Crippen LogP contribution is 2.47. The Labute approximate surface area is 169 Å². The number of rotatable bonds is 1. The lowest BCUT2D eigenvalue weighted by atomic mass is 9.64. The van der Waals surface area contributed by atoms with Gasteiger partial charge >= 0.3 is 0 Å². The van der Waals surface area contributed by atoms with Gasteiger partial charge in [0.25, 0.3) is 0 Å². The monoisotopic (exact) mass is 376 g/mol. The highest BCUT2D eigenvalue weighted by atomic mass is 16.2. The molecule has 1 aromatic heterocycles. The molecule has 148 valence electrons. The van der Waals surface area contributed by atoms with Gasteiger partial charge in [-0.15, -0.1) is 0 Å². The maximum Gasteiger partial charge on any atom is 0.227 e. The Bertz CT molecular complexity index is 825. The van der Waals surface area contributed by atoms with E-state index in [-0.39, 0.29) is 16.7 Å². The second kappa shape index (κ2) is 7.02. The Kier molecular flexibility index (Phi) is 4.81. The number of aromatic nitrogens is 1. The van der Waals surface area contributed by atoms with E-state index in [1.807, 2.05) is 27.0 Å². The molecular formula is C25H32N2O. The summed E-state index contributed by atoms with van der Waals surface area (Å²) >= 11 is 0. The highest BCUT2D eigenvalue weighted by molar-refractivity contribution is 5.81. The third-order valence-electron chi connectivity index (χ3n) is 6.86. The molecule has 0 spiro atoms. The van der Waals surface area contributed by atoms with Crippen LogP contribution in [0.2, 0.25) is 0 Å². The predicted octanol–water partition coefficient (Wildman–Crippen LogP) is 4.77. The fourth-order valence-electron chi connectivity index (χ4n) is 5.30. The smallest absolute Gasteiger partial charge is 0.227 e. The number of hydrogen-bond acceptors (Lipinski definition) is 2. The van der Waals surface area contributed by atoms with Crippen molar-refractivity contribution in [3.8, 4) is 0 Å². The Morgan fingerprint density at radius 2 is 1.68 bits per heavy atom. The van der Waals surface area contributed by atoms with Crippen LogP contribution in [0.25, 0.3) is 0 Å². The van der Waals surface area contributed by atoms with Crippen molar-refractivity contribution < 1.29 is 4.79 Å². The Balaban J connectivity index is 1.70. The summed E-state index contributed by atoms with van der Waals surface area (Å²) in [6.07, 6.45) is 6.14. The van der Waals surface area contributed by atoms with Gasteiger partial charge in [-0.05, 0) is 61.3 Å². The third kappa shape index (κ3) is 3.15. The molecule has 2 aliphatic rings. The van der Waals surface area contributed by atoms with Crippen molar-refractivity contribution in [2.45, 2.75) is 58.8 Å². The lowest BCUT2D eigenvalue weighted by Crippen LogP contribution is -2.48. The number of likely N-dealkylation sites (tertiary alicyclic amines) is 1. The van der Waals surface area contributed by atoms with Gasteiger partial charge in [0.05, 0.1) is 5.69 Å². The molecule has 1 saturated heterocycles. The summed E-state index contributed by atoms with van der Waals surface area (Å²) < 4.78 is 0. The molecule has 3 nitrogen and oxygen atoms in total. The van der Waals surface area contributed by atoms with Gasteiger partial charge in [-0.3, -0.25) is 9.78 Å². The fraction of sp³-hybridized carbons (Fsp3) is 0.520. The van der Waals surface area contributed by atoms with Crippen molar-refractivity contribution >= 4 is 5.91 Å². The van der Waals surface area contributed by atoms with E-state index in [2.05, 4.69) is 48.2 Å². The molecule has 4 rings (SSSR count). The fourth-order valence-corrected chi connectivity index (χ4v) is 5.30. The summed E-state index contributed by atoms with van der Waals surface area (Å²) in [5.41, 5.74) is 5.12. The number of carbonyl (C=O) groups excluding carboxylic acids is 1. The second-order valence-electron chi connectivity index (χ2n) is 9.69. The summed E-state index contributed by atoms with van der Waals surface area (Å²) in [6.45, 7) is 10.1. The van der Waals surface area contributed by atoms with Gasteiger partial charge in [-0.25, -0.2) is 0 Å². The van der Waals surface area contributed by atoms with Crippen LogP contribution >= 0.6 is 0 Å². The van der Waals surface area contributed by atoms with Crippen LogP contribution < -0.4 is 0 Å². The molecule has 1 aliphatic heterocycles. The first kappa shape index (κ1) is 19.2. The van der Waals surface area contributed by atoms with E-state index in [4.69, 9.17) is 4.98 Å². The summed E-state index contributed by atoms with van der Waals surface area (Å²) in [4.78, 5) is 19.7. The summed E-state index contributed by atoms with van der Waals surface area (Å²) in [7, 11) is 0. The first-order valence-electron chi connectivity index (χ1n) is 10.6. The van der Waals surface area contributed by atoms with Crippen molar-refractivity contribution in [3.63, 3.8) is 0 Å². The van der Waals surface area contributed by atoms with Crippen molar-refractivity contribution in [1.29, 1.82) is 0 Å². The molecule has 0 saturated carbocycles. The number of fused-ring (bicyclic) bond motifs is 2. The van der Waals surface area contributed by atoms with Gasteiger partial charge in [0, 0.05) is 30.1 Å². The molecule has 1 unspecified atom stereocenters. The Morgan fingerprint density at radius 3 is 2.39 bits per heavy atom. The van der Waals surface area contributed by atoms with E-state index < -0.39 is 0 Å². The topological polar surface area (TPSA) is 33.2 Å². The minimum absolute atomic E-state index is 0.0967. The van der Waals surface area contributed by atoms with E-state index in [1.165, 1.54) is 22.4 Å². The van der Waals surface area contributed by atoms with Crippen LogP contribution in [0.15, 0.2) is 42.6 Å². The SMILES string of the molecule is CC(C)(C)C(=O)N1CCC(C2(C)c3ccccc3CCc3cccnc32)CC1. The predicted molar refractivity (Wildman–Crippen MR) is 113 cm³/mol. The lowest BCUT2D eigenvalue weighted by Gasteiger charge is -2.44. The maximum atomic E-state index is 12.7. The molecule has 1 aromatic carbocycles. The molecule has 3 heteroatoms. The number of hydrogen-bond donors (Lipinski definition) is 0. The zero-order chi connectivity index (χ0) is 19.9. The van der Waals surface area contributed by atoms with E-state index in [0.717, 1.165) is 38.8 Å². The number of amides is 1. The number of nitrogens with zero attached hydrogens (tertiary/aromatic N) is 2. The van der Waals surface area contributed by atoms with E-state index in [0.29, 0.717) is 5.92 Å². The van der Waals surface area contributed by atoms with Crippen LogP contribution in [0.3, 0.4) is 0 Å². The largest absolute Gasteiger partial charge is 0.342 e. The molecule has 2 aromatic rings. The van der Waals surface area contributed by atoms with Crippen molar-refractivity contribution in [2.24, 2.45) is 11.3 Å². The number of benzene rings is 1. The van der Waals surface area contributed by atoms with Crippen LogP contribution in [0.5, 0.6) is 0 Å². The average Bonchev–Trinajstić information content (AvgIpc) is 2.83. The second-order valence-corrected chi connectivity index (χ2v) is 9.69. The zero-order valence-electron chi connectivity index (χ0n) is 17.7. The van der Waals surface area contributed by atoms with Crippen molar-refractivity contribution in [3.05, 3.63) is 65.0 Å². The van der Waals surface area contributed by atoms with E-state index in [1.54, 1.807) is 0 Å².